The summed E-state index contributed by atoms with van der Waals surface area (Å²) in [5.41, 5.74) is 1.23. The third-order valence-electron chi connectivity index (χ3n) is 3.18. The van der Waals surface area contributed by atoms with Crippen LogP contribution in [0, 0.1) is 0 Å². The van der Waals surface area contributed by atoms with Crippen LogP contribution >= 0.6 is 0 Å². The van der Waals surface area contributed by atoms with E-state index in [0.717, 1.165) is 44.4 Å². The molecule has 0 aliphatic heterocycles. The normalized spacial score (nSPS) is 11.4. The molecule has 0 fully saturated rings. The molecule has 1 rings (SSSR count). The fourth-order valence-corrected chi connectivity index (χ4v) is 2.11. The van der Waals surface area contributed by atoms with Crippen molar-refractivity contribution in [2.75, 3.05) is 40.5 Å². The van der Waals surface area contributed by atoms with Gasteiger partial charge in [0.2, 0.25) is 0 Å². The molecule has 0 aromatic heterocycles. The lowest BCUT2D eigenvalue weighted by Crippen LogP contribution is -2.39. The molecule has 0 radical (unpaired) electrons. The van der Waals surface area contributed by atoms with E-state index < -0.39 is 0 Å². The molecule has 0 aliphatic carbocycles. The maximum atomic E-state index is 5.46. The van der Waals surface area contributed by atoms with Crippen molar-refractivity contribution in [3.63, 3.8) is 0 Å². The first-order valence-electron chi connectivity index (χ1n) is 7.92. The molecule has 1 N–H and O–H groups in total. The highest BCUT2D eigenvalue weighted by Gasteiger charge is 2.06. The third kappa shape index (κ3) is 6.80. The SMILES string of the molecule is CCOCCCNC(=NC)N(C)Cc1ccc(OCC)cc1. The lowest BCUT2D eigenvalue weighted by Gasteiger charge is -2.22. The molecular formula is C17H29N3O2. The Kier molecular flexibility index (Phi) is 9.07. The van der Waals surface area contributed by atoms with Gasteiger partial charge in [0.25, 0.3) is 0 Å². The summed E-state index contributed by atoms with van der Waals surface area (Å²) in [7, 11) is 3.84. The van der Waals surface area contributed by atoms with E-state index in [4.69, 9.17) is 9.47 Å². The van der Waals surface area contributed by atoms with Gasteiger partial charge in [-0.1, -0.05) is 12.1 Å². The molecule has 1 aromatic rings. The van der Waals surface area contributed by atoms with Crippen molar-refractivity contribution < 1.29 is 9.47 Å². The summed E-state index contributed by atoms with van der Waals surface area (Å²) < 4.78 is 10.8. The summed E-state index contributed by atoms with van der Waals surface area (Å²) in [6.45, 7) is 7.91. The average molecular weight is 307 g/mol. The standard InChI is InChI=1S/C17H29N3O2/c1-5-21-13-7-12-19-17(18-3)20(4)14-15-8-10-16(11-9-15)22-6-2/h8-11H,5-7,12-14H2,1-4H3,(H,18,19). The topological polar surface area (TPSA) is 46.1 Å². The minimum absolute atomic E-state index is 0.692. The highest BCUT2D eigenvalue weighted by atomic mass is 16.5. The summed E-state index contributed by atoms with van der Waals surface area (Å²) >= 11 is 0. The Bertz CT molecular complexity index is 432. The monoisotopic (exact) mass is 307 g/mol. The Labute approximate surface area is 134 Å². The van der Waals surface area contributed by atoms with E-state index in [-0.39, 0.29) is 0 Å². The van der Waals surface area contributed by atoms with E-state index in [1.54, 1.807) is 7.05 Å². The van der Waals surface area contributed by atoms with Crippen LogP contribution in [-0.4, -0.2) is 51.3 Å². The van der Waals surface area contributed by atoms with Gasteiger partial charge in [0.1, 0.15) is 5.75 Å². The molecule has 124 valence electrons. The van der Waals surface area contributed by atoms with Gasteiger partial charge in [-0.2, -0.15) is 0 Å². The number of benzene rings is 1. The molecule has 0 bridgehead atoms. The zero-order valence-electron chi connectivity index (χ0n) is 14.3. The third-order valence-corrected chi connectivity index (χ3v) is 3.18. The molecule has 0 spiro atoms. The second-order valence-corrected chi connectivity index (χ2v) is 4.96. The molecule has 0 aliphatic rings. The lowest BCUT2D eigenvalue weighted by molar-refractivity contribution is 0.145. The van der Waals surface area contributed by atoms with E-state index in [9.17, 15) is 0 Å². The number of nitrogens with one attached hydrogen (secondary N) is 1. The van der Waals surface area contributed by atoms with E-state index >= 15 is 0 Å². The molecule has 0 saturated carbocycles. The van der Waals surface area contributed by atoms with Crippen LogP contribution in [0.4, 0.5) is 0 Å². The smallest absolute Gasteiger partial charge is 0.193 e. The average Bonchev–Trinajstić information content (AvgIpc) is 2.53. The Hall–Kier alpha value is -1.75. The van der Waals surface area contributed by atoms with Gasteiger partial charge < -0.3 is 19.7 Å². The van der Waals surface area contributed by atoms with Gasteiger partial charge in [-0.25, -0.2) is 0 Å². The minimum atomic E-state index is 0.692. The molecule has 5 nitrogen and oxygen atoms in total. The van der Waals surface area contributed by atoms with Gasteiger partial charge >= 0.3 is 0 Å². The molecular weight excluding hydrogens is 278 g/mol. The van der Waals surface area contributed by atoms with E-state index in [0.29, 0.717) is 6.61 Å². The Morgan fingerprint density at radius 3 is 2.50 bits per heavy atom. The van der Waals surface area contributed by atoms with Crippen molar-refractivity contribution in [3.8, 4) is 5.75 Å². The van der Waals surface area contributed by atoms with E-state index in [1.807, 2.05) is 33.0 Å². The molecule has 0 atom stereocenters. The van der Waals surface area contributed by atoms with Crippen LogP contribution in [0.5, 0.6) is 5.75 Å². The molecule has 1 aromatic carbocycles. The van der Waals surface area contributed by atoms with E-state index in [1.165, 1.54) is 5.56 Å². The number of aliphatic imine (C=N–C) groups is 1. The van der Waals surface area contributed by atoms with Crippen LogP contribution in [0.3, 0.4) is 0 Å². The zero-order valence-corrected chi connectivity index (χ0v) is 14.3. The summed E-state index contributed by atoms with van der Waals surface area (Å²) in [4.78, 5) is 6.42. The van der Waals surface area contributed by atoms with Crippen LogP contribution < -0.4 is 10.1 Å². The van der Waals surface area contributed by atoms with Crippen molar-refractivity contribution in [2.24, 2.45) is 4.99 Å². The fraction of sp³-hybridized carbons (Fsp3) is 0.588. The number of rotatable bonds is 9. The molecule has 0 saturated heterocycles. The van der Waals surface area contributed by atoms with Gasteiger partial charge in [0.05, 0.1) is 6.61 Å². The van der Waals surface area contributed by atoms with Crippen LogP contribution in [0.15, 0.2) is 29.3 Å². The highest BCUT2D eigenvalue weighted by Crippen LogP contribution is 2.13. The van der Waals surface area contributed by atoms with Crippen LogP contribution in [0.2, 0.25) is 0 Å². The van der Waals surface area contributed by atoms with Crippen molar-refractivity contribution in [2.45, 2.75) is 26.8 Å². The Morgan fingerprint density at radius 2 is 1.91 bits per heavy atom. The van der Waals surface area contributed by atoms with Crippen molar-refractivity contribution >= 4 is 5.96 Å². The van der Waals surface area contributed by atoms with Crippen molar-refractivity contribution in [1.29, 1.82) is 0 Å². The molecule has 22 heavy (non-hydrogen) atoms. The number of hydrogen-bond acceptors (Lipinski definition) is 3. The van der Waals surface area contributed by atoms with Gasteiger partial charge in [-0.05, 0) is 38.0 Å². The van der Waals surface area contributed by atoms with Gasteiger partial charge in [0.15, 0.2) is 5.96 Å². The number of nitrogens with zero attached hydrogens (tertiary/aromatic N) is 2. The first-order chi connectivity index (χ1) is 10.7. The summed E-state index contributed by atoms with van der Waals surface area (Å²) in [5.74, 6) is 1.80. The van der Waals surface area contributed by atoms with Gasteiger partial charge in [0, 0.05) is 40.4 Å². The van der Waals surface area contributed by atoms with Gasteiger partial charge in [-0.15, -0.1) is 0 Å². The van der Waals surface area contributed by atoms with Crippen molar-refractivity contribution in [3.05, 3.63) is 29.8 Å². The summed E-state index contributed by atoms with van der Waals surface area (Å²) in [6, 6.07) is 8.18. The van der Waals surface area contributed by atoms with E-state index in [2.05, 4.69) is 27.3 Å². The maximum absolute atomic E-state index is 5.46. The predicted octanol–water partition coefficient (Wildman–Crippen LogP) is 2.52. The largest absolute Gasteiger partial charge is 0.494 e. The number of hydrogen-bond donors (Lipinski definition) is 1. The van der Waals surface area contributed by atoms with Crippen LogP contribution in [-0.2, 0) is 11.3 Å². The Morgan fingerprint density at radius 1 is 1.18 bits per heavy atom. The first kappa shape index (κ1) is 18.3. The highest BCUT2D eigenvalue weighted by molar-refractivity contribution is 5.79. The second kappa shape index (κ2) is 10.9. The summed E-state index contributed by atoms with van der Waals surface area (Å²) in [5, 5.41) is 3.35. The van der Waals surface area contributed by atoms with Crippen LogP contribution in [0.1, 0.15) is 25.8 Å². The van der Waals surface area contributed by atoms with Crippen molar-refractivity contribution in [1.82, 2.24) is 10.2 Å². The fourth-order valence-electron chi connectivity index (χ4n) is 2.11. The van der Waals surface area contributed by atoms with Gasteiger partial charge in [-0.3, -0.25) is 4.99 Å². The minimum Gasteiger partial charge on any atom is -0.494 e. The molecule has 5 heteroatoms. The zero-order chi connectivity index (χ0) is 16.2. The quantitative estimate of drug-likeness (QED) is 0.432. The van der Waals surface area contributed by atoms with Crippen LogP contribution in [0.25, 0.3) is 0 Å². The Balaban J connectivity index is 2.42. The second-order valence-electron chi connectivity index (χ2n) is 4.96. The number of guanidine groups is 1. The molecule has 0 heterocycles. The molecule has 0 amide bonds. The lowest BCUT2D eigenvalue weighted by atomic mass is 10.2. The predicted molar refractivity (Wildman–Crippen MR) is 91.5 cm³/mol. The first-order valence-corrected chi connectivity index (χ1v) is 7.92. The maximum Gasteiger partial charge on any atom is 0.193 e. The molecule has 0 unspecified atom stereocenters. The number of ether oxygens (including phenoxy) is 2. The summed E-state index contributed by atoms with van der Waals surface area (Å²) in [6.07, 6.45) is 0.976.